The highest BCUT2D eigenvalue weighted by molar-refractivity contribution is 5.85. The Morgan fingerprint density at radius 2 is 1.64 bits per heavy atom. The molecule has 3 aliphatic rings. The summed E-state index contributed by atoms with van der Waals surface area (Å²) in [7, 11) is 0. The van der Waals surface area contributed by atoms with Gasteiger partial charge in [0.05, 0.1) is 24.8 Å². The number of likely N-dealkylation sites (tertiary alicyclic amines) is 1. The van der Waals surface area contributed by atoms with Crippen molar-refractivity contribution in [1.82, 2.24) is 24.8 Å². The summed E-state index contributed by atoms with van der Waals surface area (Å²) in [6.07, 6.45) is 14.2. The minimum atomic E-state index is 0.164. The maximum atomic E-state index is 6.55. The average Bonchev–Trinajstić information content (AvgIpc) is 3.44. The highest BCUT2D eigenvalue weighted by Crippen LogP contribution is 2.33. The molecule has 36 heavy (non-hydrogen) atoms. The van der Waals surface area contributed by atoms with Crippen LogP contribution in [0.5, 0.6) is 5.75 Å². The first-order valence-corrected chi connectivity index (χ1v) is 13.3. The lowest BCUT2D eigenvalue weighted by Gasteiger charge is -2.31. The normalized spacial score (nSPS) is 23.2. The quantitative estimate of drug-likeness (QED) is 0.534. The van der Waals surface area contributed by atoms with Gasteiger partial charge in [-0.2, -0.15) is 0 Å². The largest absolute Gasteiger partial charge is 0.488 e. The van der Waals surface area contributed by atoms with Crippen LogP contribution in [0.2, 0.25) is 0 Å². The molecule has 9 nitrogen and oxygen atoms in total. The number of ether oxygens (including phenoxy) is 2. The number of hydrogen-bond donors (Lipinski definition) is 1. The van der Waals surface area contributed by atoms with Crippen molar-refractivity contribution >= 4 is 22.7 Å². The van der Waals surface area contributed by atoms with E-state index in [1.807, 2.05) is 12.4 Å². The van der Waals surface area contributed by atoms with Crippen molar-refractivity contribution in [3.8, 4) is 5.75 Å². The minimum absolute atomic E-state index is 0.164. The Labute approximate surface area is 212 Å². The summed E-state index contributed by atoms with van der Waals surface area (Å²) in [5.41, 5.74) is 4.02. The van der Waals surface area contributed by atoms with Crippen LogP contribution in [0.15, 0.2) is 36.9 Å². The summed E-state index contributed by atoms with van der Waals surface area (Å²) in [5, 5.41) is 3.54. The van der Waals surface area contributed by atoms with Gasteiger partial charge in [-0.3, -0.25) is 9.88 Å². The lowest BCUT2D eigenvalue weighted by molar-refractivity contribution is 0.122. The molecule has 190 valence electrons. The summed E-state index contributed by atoms with van der Waals surface area (Å²) in [4.78, 5) is 23.1. The van der Waals surface area contributed by atoms with E-state index >= 15 is 0 Å². The van der Waals surface area contributed by atoms with Crippen LogP contribution in [0.25, 0.3) is 11.0 Å². The Hall–Kier alpha value is -3.04. The summed E-state index contributed by atoms with van der Waals surface area (Å²) >= 11 is 0. The number of benzene rings is 1. The fraction of sp³-hybridized carbons (Fsp3) is 0.556. The van der Waals surface area contributed by atoms with Crippen LogP contribution in [0, 0.1) is 0 Å². The third-order valence-electron chi connectivity index (χ3n) is 7.51. The zero-order chi connectivity index (χ0) is 24.2. The second-order valence-corrected chi connectivity index (χ2v) is 10.1. The van der Waals surface area contributed by atoms with Gasteiger partial charge in [0, 0.05) is 67.8 Å². The van der Waals surface area contributed by atoms with Gasteiger partial charge in [0.1, 0.15) is 11.3 Å². The molecule has 0 atom stereocenters. The van der Waals surface area contributed by atoms with Crippen LogP contribution >= 0.6 is 0 Å². The number of nitrogens with zero attached hydrogens (tertiary/aromatic N) is 6. The van der Waals surface area contributed by atoms with Crippen molar-refractivity contribution < 1.29 is 9.47 Å². The molecule has 9 heteroatoms. The molecular formula is C27H35N7O2. The van der Waals surface area contributed by atoms with E-state index in [-0.39, 0.29) is 6.10 Å². The Balaban J connectivity index is 1.06. The highest BCUT2D eigenvalue weighted by atomic mass is 16.5. The van der Waals surface area contributed by atoms with Gasteiger partial charge >= 0.3 is 0 Å². The summed E-state index contributed by atoms with van der Waals surface area (Å²) < 4.78 is 12.1. The first kappa shape index (κ1) is 23.4. The van der Waals surface area contributed by atoms with E-state index in [1.54, 1.807) is 12.4 Å². The minimum Gasteiger partial charge on any atom is -0.488 e. The van der Waals surface area contributed by atoms with Crippen molar-refractivity contribution in [3.63, 3.8) is 0 Å². The van der Waals surface area contributed by atoms with Gasteiger partial charge in [0.15, 0.2) is 0 Å². The molecule has 0 unspecified atom stereocenters. The Bertz CT molecular complexity index is 1140. The number of anilines is 2. The molecule has 6 rings (SSSR count). The summed E-state index contributed by atoms with van der Waals surface area (Å²) in [6.45, 7) is 6.57. The van der Waals surface area contributed by atoms with Crippen LogP contribution in [0.4, 0.5) is 11.6 Å². The molecule has 0 amide bonds. The fourth-order valence-electron chi connectivity index (χ4n) is 5.52. The molecule has 1 aliphatic carbocycles. The molecule has 1 saturated carbocycles. The van der Waals surface area contributed by atoms with Gasteiger partial charge in [-0.25, -0.2) is 15.0 Å². The van der Waals surface area contributed by atoms with Gasteiger partial charge in [-0.1, -0.05) is 0 Å². The first-order chi connectivity index (χ1) is 17.8. The molecule has 0 radical (unpaired) electrons. The zero-order valence-electron chi connectivity index (χ0n) is 20.8. The van der Waals surface area contributed by atoms with Crippen molar-refractivity contribution in [2.75, 3.05) is 49.6 Å². The molecule has 2 aromatic heterocycles. The standard InChI is InChI=1S/C27H35N7O2/c1-2-10-33(9-1)19-20-17-30-27(31-18-20)32-21-3-5-23(6-4-21)36-25-16-22(34-11-13-35-14-12-34)15-24-26(25)29-8-7-28-24/h7-8,15-18,21,23H,1-6,9-14,19H2,(H,30,31,32). The maximum Gasteiger partial charge on any atom is 0.222 e. The van der Waals surface area contributed by atoms with Crippen molar-refractivity contribution in [2.45, 2.75) is 57.2 Å². The number of hydrogen-bond acceptors (Lipinski definition) is 9. The lowest BCUT2D eigenvalue weighted by Crippen LogP contribution is -2.36. The van der Waals surface area contributed by atoms with Crippen LogP contribution in [0.3, 0.4) is 0 Å². The Kier molecular flexibility index (Phi) is 7.09. The van der Waals surface area contributed by atoms with Crippen LogP contribution in [-0.4, -0.2) is 76.4 Å². The van der Waals surface area contributed by atoms with E-state index in [1.165, 1.54) is 31.5 Å². The van der Waals surface area contributed by atoms with Gasteiger partial charge in [0.25, 0.3) is 0 Å². The van der Waals surface area contributed by atoms with Gasteiger partial charge in [-0.05, 0) is 57.7 Å². The topological polar surface area (TPSA) is 88.5 Å². The Morgan fingerprint density at radius 3 is 2.42 bits per heavy atom. The van der Waals surface area contributed by atoms with Gasteiger partial charge in [0.2, 0.25) is 5.95 Å². The van der Waals surface area contributed by atoms with E-state index in [2.05, 4.69) is 47.2 Å². The van der Waals surface area contributed by atoms with E-state index in [0.717, 1.165) is 86.9 Å². The molecule has 3 aromatic rings. The zero-order valence-corrected chi connectivity index (χ0v) is 20.8. The predicted octanol–water partition coefficient (Wildman–Crippen LogP) is 3.65. The second kappa shape index (κ2) is 10.9. The van der Waals surface area contributed by atoms with Gasteiger partial charge in [-0.15, -0.1) is 0 Å². The fourth-order valence-corrected chi connectivity index (χ4v) is 5.52. The smallest absolute Gasteiger partial charge is 0.222 e. The number of rotatable bonds is 7. The average molecular weight is 490 g/mol. The monoisotopic (exact) mass is 489 g/mol. The number of nitrogens with one attached hydrogen (secondary N) is 1. The summed E-state index contributed by atoms with van der Waals surface area (Å²) in [6, 6.07) is 4.60. The maximum absolute atomic E-state index is 6.55. The van der Waals surface area contributed by atoms with E-state index < -0.39 is 0 Å². The van der Waals surface area contributed by atoms with Crippen molar-refractivity contribution in [3.05, 3.63) is 42.5 Å². The number of aromatic nitrogens is 4. The molecule has 1 aromatic carbocycles. The SMILES string of the molecule is c1cnc2c(OC3CCC(Nc4ncc(CN5CCCC5)cn4)CC3)cc(N3CCOCC3)cc2n1. The molecule has 3 fully saturated rings. The van der Waals surface area contributed by atoms with Crippen LogP contribution in [0.1, 0.15) is 44.1 Å². The van der Waals surface area contributed by atoms with E-state index in [9.17, 15) is 0 Å². The number of fused-ring (bicyclic) bond motifs is 1. The van der Waals surface area contributed by atoms with Crippen LogP contribution < -0.4 is 15.0 Å². The predicted molar refractivity (Wildman–Crippen MR) is 139 cm³/mol. The van der Waals surface area contributed by atoms with Gasteiger partial charge < -0.3 is 19.7 Å². The molecule has 0 spiro atoms. The first-order valence-electron chi connectivity index (χ1n) is 13.3. The molecule has 4 heterocycles. The Morgan fingerprint density at radius 1 is 0.889 bits per heavy atom. The third-order valence-corrected chi connectivity index (χ3v) is 7.51. The lowest BCUT2D eigenvalue weighted by atomic mass is 9.93. The molecule has 0 bridgehead atoms. The molecule has 2 aliphatic heterocycles. The molecule has 2 saturated heterocycles. The number of morpholine rings is 1. The molecule has 1 N–H and O–H groups in total. The van der Waals surface area contributed by atoms with Crippen molar-refractivity contribution in [2.24, 2.45) is 0 Å². The highest BCUT2D eigenvalue weighted by Gasteiger charge is 2.25. The van der Waals surface area contributed by atoms with Crippen LogP contribution in [-0.2, 0) is 11.3 Å². The van der Waals surface area contributed by atoms with E-state index in [4.69, 9.17) is 9.47 Å². The third kappa shape index (κ3) is 5.52. The molecular weight excluding hydrogens is 454 g/mol. The van der Waals surface area contributed by atoms with E-state index in [0.29, 0.717) is 6.04 Å². The second-order valence-electron chi connectivity index (χ2n) is 10.1. The summed E-state index contributed by atoms with van der Waals surface area (Å²) in [5.74, 6) is 1.56. The van der Waals surface area contributed by atoms with Crippen molar-refractivity contribution in [1.29, 1.82) is 0 Å².